The Hall–Kier alpha value is -4.05. The van der Waals surface area contributed by atoms with E-state index in [2.05, 4.69) is 21.4 Å². The number of ether oxygens (including phenoxy) is 2. The van der Waals surface area contributed by atoms with Gasteiger partial charge in [0.1, 0.15) is 35.1 Å². The zero-order valence-electron chi connectivity index (χ0n) is 25.1. The predicted molar refractivity (Wildman–Crippen MR) is 173 cm³/mol. The third-order valence-corrected chi connectivity index (χ3v) is 11.0. The molecule has 2 aromatic carbocycles. The Balaban J connectivity index is 1.36. The lowest BCUT2D eigenvalue weighted by Gasteiger charge is -2.31. The summed E-state index contributed by atoms with van der Waals surface area (Å²) >= 11 is 7.69. The molecule has 238 valence electrons. The van der Waals surface area contributed by atoms with Crippen LogP contribution in [-0.2, 0) is 4.79 Å². The highest BCUT2D eigenvalue weighted by atomic mass is 35.5. The first-order chi connectivity index (χ1) is 22.2. The van der Waals surface area contributed by atoms with Crippen molar-refractivity contribution in [3.05, 3.63) is 53.1 Å². The zero-order chi connectivity index (χ0) is 32.3. The van der Waals surface area contributed by atoms with Crippen molar-refractivity contribution in [2.24, 2.45) is 0 Å². The minimum atomic E-state index is -0.800. The quantitative estimate of drug-likeness (QED) is 0.224. The third kappa shape index (κ3) is 4.84. The number of hydrogen-bond donors (Lipinski definition) is 1. The Bertz CT molecular complexity index is 1950. The van der Waals surface area contributed by atoms with Crippen molar-refractivity contribution in [3.63, 3.8) is 0 Å². The van der Waals surface area contributed by atoms with Gasteiger partial charge in [0.05, 0.1) is 32.3 Å². The van der Waals surface area contributed by atoms with E-state index in [0.717, 1.165) is 50.1 Å². The summed E-state index contributed by atoms with van der Waals surface area (Å²) in [7, 11) is 0. The Kier molecular flexibility index (Phi) is 7.74. The topological polar surface area (TPSA) is 118 Å². The first-order valence-electron chi connectivity index (χ1n) is 15.2. The second-order valence-corrected chi connectivity index (χ2v) is 13.6. The Labute approximate surface area is 273 Å². The molecule has 3 saturated heterocycles. The molecule has 13 heteroatoms. The molecule has 2 N–H and O–H groups in total. The number of rotatable bonds is 7. The second kappa shape index (κ2) is 11.6. The van der Waals surface area contributed by atoms with Gasteiger partial charge in [-0.1, -0.05) is 24.2 Å². The number of likely N-dealkylation sites (tertiary alicyclic amines) is 1. The van der Waals surface area contributed by atoms with E-state index in [9.17, 15) is 14.4 Å². The highest BCUT2D eigenvalue weighted by Crippen LogP contribution is 2.46. The average Bonchev–Trinajstić information content (AvgIpc) is 3.80. The number of thiophene rings is 1. The number of amides is 1. The number of benzene rings is 2. The van der Waals surface area contributed by atoms with Crippen molar-refractivity contribution in [3.8, 4) is 29.1 Å². The number of nitrogens with zero attached hydrogens (tertiary/aromatic N) is 5. The van der Waals surface area contributed by atoms with E-state index in [-0.39, 0.29) is 77.1 Å². The zero-order valence-corrected chi connectivity index (χ0v) is 26.7. The monoisotopic (exact) mass is 664 g/mol. The molecule has 3 aliphatic rings. The van der Waals surface area contributed by atoms with Crippen LogP contribution < -0.4 is 15.2 Å². The first-order valence-corrected chi connectivity index (χ1v) is 16.4. The van der Waals surface area contributed by atoms with E-state index in [1.807, 2.05) is 13.0 Å². The molecule has 2 aromatic heterocycles. The number of carbonyl (C=O) groups excluding carboxylic acids is 1. The number of hydrogen-bond acceptors (Lipinski definition) is 9. The summed E-state index contributed by atoms with van der Waals surface area (Å²) in [5, 5.41) is 10.3. The van der Waals surface area contributed by atoms with Gasteiger partial charge in [0, 0.05) is 23.9 Å². The van der Waals surface area contributed by atoms with Crippen LogP contribution in [0.15, 0.2) is 30.9 Å². The first kappa shape index (κ1) is 30.6. The van der Waals surface area contributed by atoms with Crippen molar-refractivity contribution in [1.82, 2.24) is 19.8 Å². The van der Waals surface area contributed by atoms with Crippen molar-refractivity contribution in [2.75, 3.05) is 32.0 Å². The molecule has 1 amide bonds. The molecule has 9 nitrogen and oxygen atoms in total. The maximum atomic E-state index is 16.8. The lowest BCUT2D eigenvalue weighted by Crippen LogP contribution is -2.43. The van der Waals surface area contributed by atoms with E-state index in [0.29, 0.717) is 19.6 Å². The number of anilines is 1. The lowest BCUT2D eigenvalue weighted by atomic mass is 9.95. The van der Waals surface area contributed by atoms with Gasteiger partial charge in [-0.05, 0) is 69.5 Å². The van der Waals surface area contributed by atoms with E-state index >= 15 is 4.39 Å². The molecule has 0 unspecified atom stereocenters. The highest BCUT2D eigenvalue weighted by molar-refractivity contribution is 7.23. The fraction of sp³-hybridized carbons (Fsp3) is 0.394. The predicted octanol–water partition coefficient (Wildman–Crippen LogP) is 6.46. The largest absolute Gasteiger partial charge is 0.471 e. The molecule has 2 atom stereocenters. The minimum absolute atomic E-state index is 0.0111. The second-order valence-electron chi connectivity index (χ2n) is 12.1. The van der Waals surface area contributed by atoms with Crippen LogP contribution in [0.25, 0.3) is 32.1 Å². The molecule has 0 bridgehead atoms. The molecule has 0 saturated carbocycles. The maximum Gasteiger partial charge on any atom is 0.320 e. The standard InChI is InChI=1S/C33H31ClF2N6O3S/c1-3-24(43)42-13-8-23(17(42)2)45-31-19-14-21(34)26(18-6-7-22(35)29-25(18)20(15-37)30(38)46-29)27(36)28(19)39-32(40-31)44-16-33-9-4-11-41(33)12-5-10-33/h3,6-7,14,17,23H,1,4-5,8-13,16,38H2,2H3/t17-,23-/m1/s1. The van der Waals surface area contributed by atoms with Crippen LogP contribution in [-0.4, -0.2) is 69.6 Å². The Morgan fingerprint density at radius 2 is 2.04 bits per heavy atom. The molecule has 0 spiro atoms. The van der Waals surface area contributed by atoms with Crippen LogP contribution in [0.2, 0.25) is 5.02 Å². The van der Waals surface area contributed by atoms with Gasteiger partial charge in [0.2, 0.25) is 11.8 Å². The lowest BCUT2D eigenvalue weighted by molar-refractivity contribution is -0.127. The Morgan fingerprint density at radius 3 is 2.76 bits per heavy atom. The minimum Gasteiger partial charge on any atom is -0.471 e. The molecule has 0 aliphatic carbocycles. The number of fused-ring (bicyclic) bond motifs is 3. The number of halogens is 3. The summed E-state index contributed by atoms with van der Waals surface area (Å²) in [4.78, 5) is 25.6. The van der Waals surface area contributed by atoms with Crippen molar-refractivity contribution >= 4 is 54.8 Å². The average molecular weight is 665 g/mol. The SMILES string of the molecule is C=CC(=O)N1CC[C@@H](Oc2nc(OCC34CCCN3CCC4)nc3c(F)c(-c4ccc(F)c5sc(N)c(C#N)c45)c(Cl)cc23)[C@H]1C. The van der Waals surface area contributed by atoms with Gasteiger partial charge in [-0.2, -0.15) is 15.2 Å². The summed E-state index contributed by atoms with van der Waals surface area (Å²) < 4.78 is 44.4. The molecule has 0 radical (unpaired) electrons. The van der Waals surface area contributed by atoms with Gasteiger partial charge in [0.15, 0.2) is 5.82 Å². The molecule has 46 heavy (non-hydrogen) atoms. The number of aromatic nitrogens is 2. The summed E-state index contributed by atoms with van der Waals surface area (Å²) in [6.45, 7) is 8.30. The highest BCUT2D eigenvalue weighted by Gasteiger charge is 2.45. The summed E-state index contributed by atoms with van der Waals surface area (Å²) in [6, 6.07) is 5.76. The van der Waals surface area contributed by atoms with Gasteiger partial charge in [-0.25, -0.2) is 8.78 Å². The van der Waals surface area contributed by atoms with Crippen LogP contribution in [0.5, 0.6) is 11.9 Å². The normalized spacial score (nSPS) is 20.7. The van der Waals surface area contributed by atoms with E-state index in [1.165, 1.54) is 24.3 Å². The molecule has 3 aliphatic heterocycles. The summed E-state index contributed by atoms with van der Waals surface area (Å²) in [5.41, 5.74) is 6.04. The summed E-state index contributed by atoms with van der Waals surface area (Å²) in [5.74, 6) is -1.51. The number of nitrogen functional groups attached to an aromatic ring is 1. The summed E-state index contributed by atoms with van der Waals surface area (Å²) in [6.07, 6.45) is 5.50. The van der Waals surface area contributed by atoms with Crippen LogP contribution >= 0.6 is 22.9 Å². The molecule has 5 heterocycles. The van der Waals surface area contributed by atoms with Crippen LogP contribution in [0.3, 0.4) is 0 Å². The van der Waals surface area contributed by atoms with Crippen molar-refractivity contribution < 1.29 is 23.0 Å². The molecule has 4 aromatic rings. The van der Waals surface area contributed by atoms with Gasteiger partial charge in [-0.3, -0.25) is 9.69 Å². The van der Waals surface area contributed by atoms with Crippen molar-refractivity contribution in [2.45, 2.75) is 56.7 Å². The number of carbonyl (C=O) groups is 1. The van der Waals surface area contributed by atoms with E-state index in [4.69, 9.17) is 26.8 Å². The van der Waals surface area contributed by atoms with Crippen LogP contribution in [0, 0.1) is 23.0 Å². The maximum absolute atomic E-state index is 16.8. The molecular formula is C33H31ClF2N6O3S. The third-order valence-electron chi connectivity index (χ3n) is 9.71. The fourth-order valence-corrected chi connectivity index (χ4v) is 8.60. The number of nitrogens with two attached hydrogens (primary N) is 1. The molecular weight excluding hydrogens is 634 g/mol. The number of nitriles is 1. The van der Waals surface area contributed by atoms with E-state index in [1.54, 1.807) is 4.90 Å². The van der Waals surface area contributed by atoms with Crippen molar-refractivity contribution in [1.29, 1.82) is 5.26 Å². The van der Waals surface area contributed by atoms with Gasteiger partial charge >= 0.3 is 6.01 Å². The molecule has 3 fully saturated rings. The van der Waals surface area contributed by atoms with Crippen LogP contribution in [0.4, 0.5) is 13.8 Å². The van der Waals surface area contributed by atoms with Gasteiger partial charge < -0.3 is 20.1 Å². The van der Waals surface area contributed by atoms with E-state index < -0.39 is 17.7 Å². The fourth-order valence-electron chi connectivity index (χ4n) is 7.36. The van der Waals surface area contributed by atoms with Crippen LogP contribution in [0.1, 0.15) is 44.6 Å². The smallest absolute Gasteiger partial charge is 0.320 e. The van der Waals surface area contributed by atoms with Gasteiger partial charge in [0.25, 0.3) is 0 Å². The Morgan fingerprint density at radius 1 is 1.28 bits per heavy atom. The van der Waals surface area contributed by atoms with Gasteiger partial charge in [-0.15, -0.1) is 11.3 Å². The molecule has 7 rings (SSSR count).